The zero-order chi connectivity index (χ0) is 14.8. The normalized spacial score (nSPS) is 19.0. The van der Waals surface area contributed by atoms with E-state index >= 15 is 0 Å². The quantitative estimate of drug-likeness (QED) is 0.837. The molecule has 0 heterocycles. The molecule has 20 heavy (non-hydrogen) atoms. The molecule has 2 atom stereocenters. The van der Waals surface area contributed by atoms with Crippen LogP contribution in [0.3, 0.4) is 0 Å². The lowest BCUT2D eigenvalue weighted by Crippen LogP contribution is -2.48. The summed E-state index contributed by atoms with van der Waals surface area (Å²) in [6, 6.07) is 7.40. The standard InChI is InChI=1S/C16H24N2O2/c1-4-11(2)14(17)15(19)18-16(9-10-16)12-7-5-6-8-13(12)20-3/h5-8,11,14H,4,9-10,17H2,1-3H3,(H,18,19)/t11?,14-/m0/s1. The Labute approximate surface area is 120 Å². The van der Waals surface area contributed by atoms with Crippen molar-refractivity contribution in [2.45, 2.75) is 44.7 Å². The third kappa shape index (κ3) is 2.80. The van der Waals surface area contributed by atoms with Crippen LogP contribution in [0.5, 0.6) is 5.75 Å². The first-order chi connectivity index (χ1) is 9.54. The van der Waals surface area contributed by atoms with Crippen LogP contribution in [0, 0.1) is 5.92 Å². The van der Waals surface area contributed by atoms with E-state index < -0.39 is 6.04 Å². The van der Waals surface area contributed by atoms with Crippen LogP contribution in [0.25, 0.3) is 0 Å². The Morgan fingerprint density at radius 2 is 2.10 bits per heavy atom. The lowest BCUT2D eigenvalue weighted by Gasteiger charge is -2.24. The number of amides is 1. The monoisotopic (exact) mass is 276 g/mol. The van der Waals surface area contributed by atoms with Crippen LogP contribution in [0.2, 0.25) is 0 Å². The Bertz CT molecular complexity index is 483. The zero-order valence-corrected chi connectivity index (χ0v) is 12.5. The minimum absolute atomic E-state index is 0.0669. The number of carbonyl (C=O) groups is 1. The van der Waals surface area contributed by atoms with Gasteiger partial charge in [0, 0.05) is 5.56 Å². The average molecular weight is 276 g/mol. The molecule has 1 aliphatic rings. The molecule has 3 N–H and O–H groups in total. The summed E-state index contributed by atoms with van der Waals surface area (Å²) in [4.78, 5) is 12.3. The van der Waals surface area contributed by atoms with E-state index in [1.807, 2.05) is 38.1 Å². The van der Waals surface area contributed by atoms with Crippen molar-refractivity contribution in [2.75, 3.05) is 7.11 Å². The highest BCUT2D eigenvalue weighted by atomic mass is 16.5. The lowest BCUT2D eigenvalue weighted by molar-refractivity contribution is -0.124. The molecule has 0 spiro atoms. The number of nitrogens with one attached hydrogen (secondary N) is 1. The van der Waals surface area contributed by atoms with Gasteiger partial charge in [0.1, 0.15) is 5.75 Å². The highest BCUT2D eigenvalue weighted by molar-refractivity contribution is 5.83. The Morgan fingerprint density at radius 3 is 2.65 bits per heavy atom. The van der Waals surface area contributed by atoms with Crippen molar-refractivity contribution in [3.05, 3.63) is 29.8 Å². The van der Waals surface area contributed by atoms with Crippen LogP contribution >= 0.6 is 0 Å². The molecule has 0 aliphatic heterocycles. The van der Waals surface area contributed by atoms with Gasteiger partial charge in [-0.1, -0.05) is 38.5 Å². The molecule has 0 saturated heterocycles. The zero-order valence-electron chi connectivity index (χ0n) is 12.5. The Balaban J connectivity index is 2.14. The Kier molecular flexibility index (Phi) is 4.33. The predicted molar refractivity (Wildman–Crippen MR) is 79.5 cm³/mol. The molecule has 1 saturated carbocycles. The summed E-state index contributed by atoms with van der Waals surface area (Å²) in [5.74, 6) is 0.939. The van der Waals surface area contributed by atoms with E-state index in [-0.39, 0.29) is 17.4 Å². The molecule has 1 aliphatic carbocycles. The molecule has 1 amide bonds. The third-order valence-corrected chi connectivity index (χ3v) is 4.29. The van der Waals surface area contributed by atoms with Crippen LogP contribution < -0.4 is 15.8 Å². The number of nitrogens with two attached hydrogens (primary N) is 1. The molecule has 1 aromatic carbocycles. The van der Waals surface area contributed by atoms with Gasteiger partial charge in [-0.2, -0.15) is 0 Å². The molecule has 1 aromatic rings. The fourth-order valence-corrected chi connectivity index (χ4v) is 2.46. The van der Waals surface area contributed by atoms with E-state index in [2.05, 4.69) is 5.32 Å². The summed E-state index contributed by atoms with van der Waals surface area (Å²) >= 11 is 0. The van der Waals surface area contributed by atoms with Gasteiger partial charge in [0.05, 0.1) is 18.7 Å². The second-order valence-corrected chi connectivity index (χ2v) is 5.68. The molecule has 1 unspecified atom stereocenters. The number of carbonyl (C=O) groups excluding carboxylic acids is 1. The molecular formula is C16H24N2O2. The van der Waals surface area contributed by atoms with Crippen LogP contribution in [0.4, 0.5) is 0 Å². The van der Waals surface area contributed by atoms with E-state index in [1.54, 1.807) is 7.11 Å². The number of para-hydroxylation sites is 1. The molecule has 0 bridgehead atoms. The van der Waals surface area contributed by atoms with E-state index in [1.165, 1.54) is 0 Å². The fraction of sp³-hybridized carbons (Fsp3) is 0.562. The van der Waals surface area contributed by atoms with Gasteiger partial charge in [-0.05, 0) is 24.8 Å². The molecule has 4 heteroatoms. The number of hydrogen-bond donors (Lipinski definition) is 2. The third-order valence-electron chi connectivity index (χ3n) is 4.29. The van der Waals surface area contributed by atoms with Crippen molar-refractivity contribution in [3.8, 4) is 5.75 Å². The van der Waals surface area contributed by atoms with Crippen LogP contribution in [-0.2, 0) is 10.3 Å². The molecule has 110 valence electrons. The van der Waals surface area contributed by atoms with Crippen molar-refractivity contribution in [3.63, 3.8) is 0 Å². The van der Waals surface area contributed by atoms with Gasteiger partial charge in [-0.15, -0.1) is 0 Å². The van der Waals surface area contributed by atoms with Crippen LogP contribution in [0.15, 0.2) is 24.3 Å². The maximum Gasteiger partial charge on any atom is 0.237 e. The molecule has 4 nitrogen and oxygen atoms in total. The SMILES string of the molecule is CCC(C)[C@H](N)C(=O)NC1(c2ccccc2OC)CC1. The highest BCUT2D eigenvalue weighted by Crippen LogP contribution is 2.48. The first kappa shape index (κ1) is 14.9. The molecule has 1 fully saturated rings. The van der Waals surface area contributed by atoms with Crippen molar-refractivity contribution in [1.29, 1.82) is 0 Å². The first-order valence-electron chi connectivity index (χ1n) is 7.25. The number of hydrogen-bond acceptors (Lipinski definition) is 3. The number of benzene rings is 1. The minimum Gasteiger partial charge on any atom is -0.496 e. The fourth-order valence-electron chi connectivity index (χ4n) is 2.46. The van der Waals surface area contributed by atoms with Crippen LogP contribution in [-0.4, -0.2) is 19.1 Å². The average Bonchev–Trinajstić information content (AvgIpc) is 3.26. The largest absolute Gasteiger partial charge is 0.496 e. The lowest BCUT2D eigenvalue weighted by atomic mass is 9.97. The number of rotatable bonds is 6. The summed E-state index contributed by atoms with van der Waals surface area (Å²) in [6.45, 7) is 4.05. The first-order valence-corrected chi connectivity index (χ1v) is 7.25. The Morgan fingerprint density at radius 1 is 1.45 bits per heavy atom. The van der Waals surface area contributed by atoms with Gasteiger partial charge in [-0.3, -0.25) is 4.79 Å². The van der Waals surface area contributed by atoms with Gasteiger partial charge in [0.2, 0.25) is 5.91 Å². The predicted octanol–water partition coefficient (Wildman–Crippen LogP) is 2.17. The van der Waals surface area contributed by atoms with Crippen molar-refractivity contribution < 1.29 is 9.53 Å². The van der Waals surface area contributed by atoms with Gasteiger partial charge < -0.3 is 15.8 Å². The number of methoxy groups -OCH3 is 1. The highest BCUT2D eigenvalue weighted by Gasteiger charge is 2.48. The van der Waals surface area contributed by atoms with E-state index in [9.17, 15) is 4.79 Å². The maximum atomic E-state index is 12.3. The summed E-state index contributed by atoms with van der Waals surface area (Å²) in [5, 5.41) is 3.13. The minimum atomic E-state index is -0.452. The smallest absolute Gasteiger partial charge is 0.237 e. The second-order valence-electron chi connectivity index (χ2n) is 5.68. The van der Waals surface area contributed by atoms with Gasteiger partial charge >= 0.3 is 0 Å². The summed E-state index contributed by atoms with van der Waals surface area (Å²) in [6.07, 6.45) is 2.77. The van der Waals surface area contributed by atoms with Crippen molar-refractivity contribution >= 4 is 5.91 Å². The van der Waals surface area contributed by atoms with Gasteiger partial charge in [0.15, 0.2) is 0 Å². The van der Waals surface area contributed by atoms with Crippen molar-refractivity contribution in [1.82, 2.24) is 5.32 Å². The maximum absolute atomic E-state index is 12.3. The van der Waals surface area contributed by atoms with Crippen molar-refractivity contribution in [2.24, 2.45) is 11.7 Å². The Hall–Kier alpha value is -1.55. The second kappa shape index (κ2) is 5.83. The van der Waals surface area contributed by atoms with E-state index in [4.69, 9.17) is 10.5 Å². The molecular weight excluding hydrogens is 252 g/mol. The topological polar surface area (TPSA) is 64.4 Å². The summed E-state index contributed by atoms with van der Waals surface area (Å²) in [7, 11) is 1.65. The summed E-state index contributed by atoms with van der Waals surface area (Å²) < 4.78 is 5.40. The summed E-state index contributed by atoms with van der Waals surface area (Å²) in [5.41, 5.74) is 6.78. The van der Waals surface area contributed by atoms with Gasteiger partial charge in [-0.25, -0.2) is 0 Å². The molecule has 0 radical (unpaired) electrons. The van der Waals surface area contributed by atoms with Crippen LogP contribution in [0.1, 0.15) is 38.7 Å². The number of ether oxygens (including phenoxy) is 1. The van der Waals surface area contributed by atoms with E-state index in [0.717, 1.165) is 30.6 Å². The van der Waals surface area contributed by atoms with Gasteiger partial charge in [0.25, 0.3) is 0 Å². The molecule has 2 rings (SSSR count). The van der Waals surface area contributed by atoms with E-state index in [0.29, 0.717) is 0 Å². The molecule has 0 aromatic heterocycles.